The smallest absolute Gasteiger partial charge is 0.293 e. The average molecular weight is 275 g/mol. The zero-order valence-electron chi connectivity index (χ0n) is 9.66. The molecule has 3 aromatic rings. The molecule has 0 aliphatic heterocycles. The predicted octanol–water partition coefficient (Wildman–Crippen LogP) is 2.69. The standard InChI is InChI=1S/C12H9N3O3S/c16-5-8-6-19-12(13-8)9-4-7-2-1-3-10(15(17)18)11(7)14-9/h1-4,6,14,16H,5H2. The molecule has 0 bridgehead atoms. The van der Waals surface area contributed by atoms with Gasteiger partial charge in [0.15, 0.2) is 0 Å². The second kappa shape index (κ2) is 4.45. The summed E-state index contributed by atoms with van der Waals surface area (Å²) >= 11 is 1.38. The topological polar surface area (TPSA) is 92.1 Å². The second-order valence-electron chi connectivity index (χ2n) is 3.98. The fourth-order valence-electron chi connectivity index (χ4n) is 1.91. The van der Waals surface area contributed by atoms with Crippen molar-refractivity contribution in [2.75, 3.05) is 0 Å². The highest BCUT2D eigenvalue weighted by Gasteiger charge is 2.15. The molecular formula is C12H9N3O3S. The van der Waals surface area contributed by atoms with Crippen LogP contribution >= 0.6 is 11.3 Å². The Morgan fingerprint density at radius 1 is 1.47 bits per heavy atom. The number of aromatic nitrogens is 2. The molecule has 0 saturated heterocycles. The van der Waals surface area contributed by atoms with Gasteiger partial charge >= 0.3 is 0 Å². The summed E-state index contributed by atoms with van der Waals surface area (Å²) in [6.45, 7) is -0.114. The van der Waals surface area contributed by atoms with E-state index in [-0.39, 0.29) is 12.3 Å². The molecule has 2 aromatic heterocycles. The van der Waals surface area contributed by atoms with Gasteiger partial charge in [0.05, 0.1) is 22.9 Å². The predicted molar refractivity (Wildman–Crippen MR) is 72.0 cm³/mol. The number of non-ortho nitro benzene ring substituents is 1. The highest BCUT2D eigenvalue weighted by Crippen LogP contribution is 2.31. The molecule has 6 nitrogen and oxygen atoms in total. The molecular weight excluding hydrogens is 266 g/mol. The summed E-state index contributed by atoms with van der Waals surface area (Å²) in [6, 6.07) is 6.74. The third kappa shape index (κ3) is 1.98. The lowest BCUT2D eigenvalue weighted by Crippen LogP contribution is -1.88. The van der Waals surface area contributed by atoms with Gasteiger partial charge in [0.2, 0.25) is 0 Å². The van der Waals surface area contributed by atoms with Crippen LogP contribution in [0.1, 0.15) is 5.69 Å². The van der Waals surface area contributed by atoms with Crippen LogP contribution in [0.4, 0.5) is 5.69 Å². The van der Waals surface area contributed by atoms with E-state index in [0.717, 1.165) is 5.39 Å². The van der Waals surface area contributed by atoms with Gasteiger partial charge in [-0.1, -0.05) is 12.1 Å². The van der Waals surface area contributed by atoms with Crippen LogP contribution in [0.3, 0.4) is 0 Å². The molecule has 2 N–H and O–H groups in total. The Morgan fingerprint density at radius 3 is 3.00 bits per heavy atom. The largest absolute Gasteiger partial charge is 0.390 e. The number of aliphatic hydroxyl groups is 1. The maximum Gasteiger partial charge on any atom is 0.293 e. The molecule has 1 aromatic carbocycles. The SMILES string of the molecule is O=[N+]([O-])c1cccc2cc(-c3nc(CO)cs3)[nH]c12. The molecule has 7 heteroatoms. The van der Waals surface area contributed by atoms with E-state index in [9.17, 15) is 10.1 Å². The van der Waals surface area contributed by atoms with Crippen LogP contribution in [0.2, 0.25) is 0 Å². The average Bonchev–Trinajstić information content (AvgIpc) is 3.03. The summed E-state index contributed by atoms with van der Waals surface area (Å²) in [7, 11) is 0. The van der Waals surface area contributed by atoms with Gasteiger partial charge in [-0.25, -0.2) is 4.98 Å². The molecule has 19 heavy (non-hydrogen) atoms. The zero-order valence-corrected chi connectivity index (χ0v) is 10.5. The number of nitrogens with one attached hydrogen (secondary N) is 1. The number of rotatable bonds is 3. The van der Waals surface area contributed by atoms with Crippen molar-refractivity contribution in [2.45, 2.75) is 6.61 Å². The molecule has 0 saturated carbocycles. The minimum absolute atomic E-state index is 0.0442. The van der Waals surface area contributed by atoms with E-state index in [1.165, 1.54) is 17.4 Å². The van der Waals surface area contributed by atoms with Crippen molar-refractivity contribution < 1.29 is 10.0 Å². The Hall–Kier alpha value is -2.25. The zero-order chi connectivity index (χ0) is 13.4. The first-order valence-electron chi connectivity index (χ1n) is 5.51. The Bertz CT molecular complexity index is 763. The van der Waals surface area contributed by atoms with Crippen LogP contribution in [-0.4, -0.2) is 20.0 Å². The number of benzene rings is 1. The van der Waals surface area contributed by atoms with Crippen LogP contribution in [0, 0.1) is 10.1 Å². The van der Waals surface area contributed by atoms with Crippen LogP contribution in [0.25, 0.3) is 21.6 Å². The lowest BCUT2D eigenvalue weighted by molar-refractivity contribution is -0.383. The number of para-hydroxylation sites is 1. The molecule has 0 atom stereocenters. The summed E-state index contributed by atoms with van der Waals surface area (Å²) in [4.78, 5) is 17.8. The van der Waals surface area contributed by atoms with Crippen molar-refractivity contribution in [1.29, 1.82) is 0 Å². The molecule has 0 aliphatic carbocycles. The van der Waals surface area contributed by atoms with Crippen LogP contribution in [0.5, 0.6) is 0 Å². The molecule has 3 rings (SSSR count). The molecule has 0 radical (unpaired) electrons. The molecule has 0 aliphatic rings. The Morgan fingerprint density at radius 2 is 2.32 bits per heavy atom. The number of fused-ring (bicyclic) bond motifs is 1. The number of aliphatic hydroxyl groups excluding tert-OH is 1. The number of nitro benzene ring substituents is 1. The van der Waals surface area contributed by atoms with E-state index in [1.54, 1.807) is 11.4 Å². The van der Waals surface area contributed by atoms with Gasteiger partial charge in [0.1, 0.15) is 10.5 Å². The third-order valence-electron chi connectivity index (χ3n) is 2.78. The highest BCUT2D eigenvalue weighted by atomic mass is 32.1. The maximum absolute atomic E-state index is 11.0. The Labute approximate surface area is 111 Å². The van der Waals surface area contributed by atoms with E-state index in [1.807, 2.05) is 12.1 Å². The third-order valence-corrected chi connectivity index (χ3v) is 3.70. The Kier molecular flexibility index (Phi) is 2.77. The molecule has 0 spiro atoms. The van der Waals surface area contributed by atoms with Gasteiger partial charge in [0.25, 0.3) is 5.69 Å². The van der Waals surface area contributed by atoms with Crippen LogP contribution < -0.4 is 0 Å². The van der Waals surface area contributed by atoms with E-state index in [4.69, 9.17) is 5.11 Å². The summed E-state index contributed by atoms with van der Waals surface area (Å²) in [5.41, 5.74) is 1.84. The minimum atomic E-state index is -0.413. The maximum atomic E-state index is 11.0. The number of thiazole rings is 1. The van der Waals surface area contributed by atoms with Gasteiger partial charge in [0, 0.05) is 16.8 Å². The van der Waals surface area contributed by atoms with Crippen molar-refractivity contribution in [3.05, 3.63) is 45.5 Å². The molecule has 96 valence electrons. The van der Waals surface area contributed by atoms with Gasteiger partial charge in [-0.15, -0.1) is 11.3 Å². The van der Waals surface area contributed by atoms with Crippen molar-refractivity contribution in [3.8, 4) is 10.7 Å². The lowest BCUT2D eigenvalue weighted by atomic mass is 10.2. The molecule has 2 heterocycles. The van der Waals surface area contributed by atoms with Gasteiger partial charge in [-0.2, -0.15) is 0 Å². The number of hydrogen-bond acceptors (Lipinski definition) is 5. The highest BCUT2D eigenvalue weighted by molar-refractivity contribution is 7.13. The summed E-state index contributed by atoms with van der Waals surface area (Å²) in [6.07, 6.45) is 0. The van der Waals surface area contributed by atoms with E-state index < -0.39 is 4.92 Å². The molecule has 0 unspecified atom stereocenters. The van der Waals surface area contributed by atoms with Crippen molar-refractivity contribution in [3.63, 3.8) is 0 Å². The normalized spacial score (nSPS) is 11.0. The first-order valence-corrected chi connectivity index (χ1v) is 6.39. The summed E-state index contributed by atoms with van der Waals surface area (Å²) in [5.74, 6) is 0. The number of H-pyrrole nitrogens is 1. The van der Waals surface area contributed by atoms with Crippen molar-refractivity contribution in [1.82, 2.24) is 9.97 Å². The van der Waals surface area contributed by atoms with E-state index in [0.29, 0.717) is 21.9 Å². The lowest BCUT2D eigenvalue weighted by Gasteiger charge is -1.92. The van der Waals surface area contributed by atoms with Crippen molar-refractivity contribution >= 4 is 27.9 Å². The monoisotopic (exact) mass is 275 g/mol. The minimum Gasteiger partial charge on any atom is -0.390 e. The van der Waals surface area contributed by atoms with E-state index in [2.05, 4.69) is 9.97 Å². The van der Waals surface area contributed by atoms with Crippen molar-refractivity contribution in [2.24, 2.45) is 0 Å². The fraction of sp³-hybridized carbons (Fsp3) is 0.0833. The van der Waals surface area contributed by atoms with Crippen LogP contribution in [-0.2, 0) is 6.61 Å². The Balaban J connectivity index is 2.16. The second-order valence-corrected chi connectivity index (χ2v) is 4.84. The molecule has 0 fully saturated rings. The van der Waals surface area contributed by atoms with Gasteiger partial charge in [-0.05, 0) is 6.07 Å². The van der Waals surface area contributed by atoms with E-state index >= 15 is 0 Å². The number of hydrogen-bond donors (Lipinski definition) is 2. The first-order chi connectivity index (χ1) is 9.19. The summed E-state index contributed by atoms with van der Waals surface area (Å²) < 4.78 is 0. The number of nitrogens with zero attached hydrogens (tertiary/aromatic N) is 2. The first kappa shape index (κ1) is 11.8. The number of aromatic amines is 1. The van der Waals surface area contributed by atoms with Crippen LogP contribution in [0.15, 0.2) is 29.6 Å². The molecule has 0 amide bonds. The quantitative estimate of drug-likeness (QED) is 0.567. The summed E-state index contributed by atoms with van der Waals surface area (Å²) in [5, 5.41) is 23.2. The van der Waals surface area contributed by atoms with Gasteiger partial charge in [-0.3, -0.25) is 10.1 Å². The fourth-order valence-corrected chi connectivity index (χ4v) is 2.69. The van der Waals surface area contributed by atoms with Gasteiger partial charge < -0.3 is 10.1 Å². The number of nitro groups is 1.